The average molecular weight is 175 g/mol. The van der Waals surface area contributed by atoms with Gasteiger partial charge in [0, 0.05) is 13.2 Å². The molecule has 2 N–H and O–H groups in total. The fraction of sp³-hybridized carbons (Fsp3) is 1.00. The molecule has 2 unspecified atom stereocenters. The molecule has 0 amide bonds. The smallest absolute Gasteiger partial charge is 0.189 e. The van der Waals surface area contributed by atoms with Crippen LogP contribution in [-0.4, -0.2) is 38.3 Å². The van der Waals surface area contributed by atoms with E-state index in [-0.39, 0.29) is 6.10 Å². The van der Waals surface area contributed by atoms with E-state index in [1.54, 1.807) is 0 Å². The third-order valence-corrected chi connectivity index (χ3v) is 1.82. The molecule has 2 atom stereocenters. The van der Waals surface area contributed by atoms with Gasteiger partial charge in [-0.25, -0.2) is 0 Å². The minimum Gasteiger partial charge on any atom is -0.376 e. The summed E-state index contributed by atoms with van der Waals surface area (Å²) in [5.41, 5.74) is 5.44. The van der Waals surface area contributed by atoms with E-state index in [1.807, 2.05) is 13.8 Å². The van der Waals surface area contributed by atoms with Crippen molar-refractivity contribution in [2.75, 3.05) is 26.4 Å². The number of rotatable bonds is 4. The molecule has 1 aliphatic heterocycles. The van der Waals surface area contributed by atoms with E-state index in [4.69, 9.17) is 19.9 Å². The van der Waals surface area contributed by atoms with Crippen molar-refractivity contribution in [1.29, 1.82) is 0 Å². The van der Waals surface area contributed by atoms with Crippen LogP contribution < -0.4 is 5.73 Å². The third kappa shape index (κ3) is 2.42. The van der Waals surface area contributed by atoms with Crippen LogP contribution >= 0.6 is 0 Å². The van der Waals surface area contributed by atoms with Crippen LogP contribution in [0.2, 0.25) is 0 Å². The van der Waals surface area contributed by atoms with Crippen molar-refractivity contribution in [1.82, 2.24) is 0 Å². The summed E-state index contributed by atoms with van der Waals surface area (Å²) >= 11 is 0. The van der Waals surface area contributed by atoms with Gasteiger partial charge in [0.25, 0.3) is 0 Å². The van der Waals surface area contributed by atoms with Gasteiger partial charge >= 0.3 is 0 Å². The van der Waals surface area contributed by atoms with E-state index >= 15 is 0 Å². The Morgan fingerprint density at radius 1 is 1.67 bits per heavy atom. The summed E-state index contributed by atoms with van der Waals surface area (Å²) in [4.78, 5) is 0. The molecule has 1 fully saturated rings. The molecule has 1 rings (SSSR count). The quantitative estimate of drug-likeness (QED) is 0.659. The molecule has 0 radical (unpaired) electrons. The van der Waals surface area contributed by atoms with Crippen molar-refractivity contribution in [2.45, 2.75) is 25.7 Å². The molecule has 72 valence electrons. The van der Waals surface area contributed by atoms with Crippen molar-refractivity contribution in [2.24, 2.45) is 5.73 Å². The molecule has 12 heavy (non-hydrogen) atoms. The molecule has 4 nitrogen and oxygen atoms in total. The Labute approximate surface area is 73.0 Å². The second-order valence-electron chi connectivity index (χ2n) is 3.06. The molecule has 0 bridgehead atoms. The van der Waals surface area contributed by atoms with E-state index in [1.165, 1.54) is 0 Å². The van der Waals surface area contributed by atoms with E-state index in [0.29, 0.717) is 26.4 Å². The molecule has 0 saturated carbocycles. The summed E-state index contributed by atoms with van der Waals surface area (Å²) in [7, 11) is 0. The number of hydrogen-bond acceptors (Lipinski definition) is 4. The first-order valence-electron chi connectivity index (χ1n) is 4.30. The Morgan fingerprint density at radius 3 is 2.92 bits per heavy atom. The molecule has 1 saturated heterocycles. The van der Waals surface area contributed by atoms with Crippen LogP contribution in [0.25, 0.3) is 0 Å². The molecular weight excluding hydrogens is 158 g/mol. The van der Waals surface area contributed by atoms with Gasteiger partial charge in [-0.2, -0.15) is 0 Å². The molecule has 4 heteroatoms. The van der Waals surface area contributed by atoms with Gasteiger partial charge in [0.15, 0.2) is 5.79 Å². The SMILES string of the molecule is CCOCC1(C)OCC(CN)O1. The average Bonchev–Trinajstić information content (AvgIpc) is 2.45. The van der Waals surface area contributed by atoms with Gasteiger partial charge in [-0.1, -0.05) is 0 Å². The van der Waals surface area contributed by atoms with E-state index in [2.05, 4.69) is 0 Å². The molecule has 0 aromatic carbocycles. The third-order valence-electron chi connectivity index (χ3n) is 1.82. The number of ether oxygens (including phenoxy) is 3. The second kappa shape index (κ2) is 4.18. The van der Waals surface area contributed by atoms with Gasteiger partial charge in [0.1, 0.15) is 6.61 Å². The van der Waals surface area contributed by atoms with E-state index in [9.17, 15) is 0 Å². The highest BCUT2D eigenvalue weighted by Crippen LogP contribution is 2.22. The Bertz CT molecular complexity index is 142. The number of nitrogens with two attached hydrogens (primary N) is 1. The molecule has 0 spiro atoms. The van der Waals surface area contributed by atoms with Gasteiger partial charge in [0.2, 0.25) is 0 Å². The highest BCUT2D eigenvalue weighted by Gasteiger charge is 2.36. The van der Waals surface area contributed by atoms with Crippen molar-refractivity contribution in [3.05, 3.63) is 0 Å². The van der Waals surface area contributed by atoms with Gasteiger partial charge < -0.3 is 19.9 Å². The molecule has 0 aliphatic carbocycles. The monoisotopic (exact) mass is 175 g/mol. The van der Waals surface area contributed by atoms with E-state index in [0.717, 1.165) is 0 Å². The molecule has 0 aromatic rings. The second-order valence-corrected chi connectivity index (χ2v) is 3.06. The lowest BCUT2D eigenvalue weighted by Gasteiger charge is -2.22. The minimum atomic E-state index is -0.583. The molecule has 0 aromatic heterocycles. The maximum atomic E-state index is 5.53. The predicted molar refractivity (Wildman–Crippen MR) is 44.8 cm³/mol. The summed E-state index contributed by atoms with van der Waals surface area (Å²) in [6.45, 7) is 6.04. The Balaban J connectivity index is 2.31. The maximum absolute atomic E-state index is 5.53. The van der Waals surface area contributed by atoms with Crippen molar-refractivity contribution in [3.63, 3.8) is 0 Å². The van der Waals surface area contributed by atoms with Crippen LogP contribution in [0.4, 0.5) is 0 Å². The zero-order chi connectivity index (χ0) is 9.03. The fourth-order valence-electron chi connectivity index (χ4n) is 1.17. The first-order chi connectivity index (χ1) is 5.70. The minimum absolute atomic E-state index is 0.0236. The zero-order valence-corrected chi connectivity index (χ0v) is 7.71. The van der Waals surface area contributed by atoms with Crippen LogP contribution in [0.15, 0.2) is 0 Å². The maximum Gasteiger partial charge on any atom is 0.189 e. The summed E-state index contributed by atoms with van der Waals surface area (Å²) in [6, 6.07) is 0. The summed E-state index contributed by atoms with van der Waals surface area (Å²) in [6.07, 6.45) is 0.0236. The summed E-state index contributed by atoms with van der Waals surface area (Å²) in [5, 5.41) is 0. The lowest BCUT2D eigenvalue weighted by atomic mass is 10.3. The first kappa shape index (κ1) is 9.92. The molecule has 1 heterocycles. The van der Waals surface area contributed by atoms with E-state index < -0.39 is 5.79 Å². The Hall–Kier alpha value is -0.160. The van der Waals surface area contributed by atoms with Crippen LogP contribution in [0.5, 0.6) is 0 Å². The normalized spacial score (nSPS) is 35.8. The van der Waals surface area contributed by atoms with Crippen molar-refractivity contribution in [3.8, 4) is 0 Å². The van der Waals surface area contributed by atoms with Crippen molar-refractivity contribution < 1.29 is 14.2 Å². The molecule has 1 aliphatic rings. The van der Waals surface area contributed by atoms with Gasteiger partial charge in [-0.15, -0.1) is 0 Å². The zero-order valence-electron chi connectivity index (χ0n) is 7.71. The highest BCUT2D eigenvalue weighted by molar-refractivity contribution is 4.74. The standard InChI is InChI=1S/C8H17NO3/c1-3-10-6-8(2)11-5-7(4-9)12-8/h7H,3-6,9H2,1-2H3. The Kier molecular flexibility index (Phi) is 3.46. The molecular formula is C8H17NO3. The Morgan fingerprint density at radius 2 is 2.42 bits per heavy atom. The van der Waals surface area contributed by atoms with Crippen LogP contribution in [0, 0.1) is 0 Å². The number of hydrogen-bond donors (Lipinski definition) is 1. The van der Waals surface area contributed by atoms with Gasteiger partial charge in [-0.3, -0.25) is 0 Å². The lowest BCUT2D eigenvalue weighted by Crippen LogP contribution is -2.34. The predicted octanol–water partition coefficient (Wildman–Crippen LogP) is 0.113. The van der Waals surface area contributed by atoms with Crippen molar-refractivity contribution >= 4 is 0 Å². The van der Waals surface area contributed by atoms with Crippen LogP contribution in [-0.2, 0) is 14.2 Å². The lowest BCUT2D eigenvalue weighted by molar-refractivity contribution is -0.187. The van der Waals surface area contributed by atoms with Gasteiger partial charge in [-0.05, 0) is 13.8 Å². The highest BCUT2D eigenvalue weighted by atomic mass is 16.8. The first-order valence-corrected chi connectivity index (χ1v) is 4.30. The van der Waals surface area contributed by atoms with Gasteiger partial charge in [0.05, 0.1) is 12.7 Å². The largest absolute Gasteiger partial charge is 0.376 e. The summed E-state index contributed by atoms with van der Waals surface area (Å²) < 4.78 is 16.2. The van der Waals surface area contributed by atoms with Crippen LogP contribution in [0.1, 0.15) is 13.8 Å². The topological polar surface area (TPSA) is 53.7 Å². The fourth-order valence-corrected chi connectivity index (χ4v) is 1.17. The summed E-state index contributed by atoms with van der Waals surface area (Å²) in [5.74, 6) is -0.583. The van der Waals surface area contributed by atoms with Crippen LogP contribution in [0.3, 0.4) is 0 Å².